The molecule has 0 amide bonds. The molecule has 0 N–H and O–H groups in total. The summed E-state index contributed by atoms with van der Waals surface area (Å²) in [4.78, 5) is 7.39. The van der Waals surface area contributed by atoms with Crippen molar-refractivity contribution in [2.45, 2.75) is 39.4 Å². The number of rotatable bonds is 4. The minimum Gasteiger partial charge on any atom is -0.494 e. The van der Waals surface area contributed by atoms with Gasteiger partial charge in [0.05, 0.1) is 6.61 Å². The maximum absolute atomic E-state index is 5.97. The molecule has 0 aromatic heterocycles. The number of piperazine rings is 1. The number of benzene rings is 1. The van der Waals surface area contributed by atoms with Gasteiger partial charge in [0.25, 0.3) is 0 Å². The number of nitrogens with zero attached hydrogens (tertiary/aromatic N) is 3. The lowest BCUT2D eigenvalue weighted by Crippen LogP contribution is -2.44. The molecule has 128 valence electrons. The van der Waals surface area contributed by atoms with Crippen LogP contribution in [0.5, 0.6) is 5.75 Å². The predicted octanol–water partition coefficient (Wildman–Crippen LogP) is 2.21. The maximum atomic E-state index is 5.97. The van der Waals surface area contributed by atoms with Crippen molar-refractivity contribution in [2.24, 2.45) is 0 Å². The van der Waals surface area contributed by atoms with E-state index in [2.05, 4.69) is 54.8 Å². The quantitative estimate of drug-likeness (QED) is 0.847. The molecule has 2 aliphatic rings. The van der Waals surface area contributed by atoms with Crippen LogP contribution < -0.4 is 4.74 Å². The van der Waals surface area contributed by atoms with Crippen LogP contribution in [-0.4, -0.2) is 67.6 Å². The van der Waals surface area contributed by atoms with Crippen LogP contribution in [0.2, 0.25) is 0 Å². The molecular formula is C19H31N3O. The Kier molecular flexibility index (Phi) is 5.24. The molecule has 1 saturated heterocycles. The largest absolute Gasteiger partial charge is 0.494 e. The smallest absolute Gasteiger partial charge is 0.124 e. The third kappa shape index (κ3) is 3.87. The van der Waals surface area contributed by atoms with Gasteiger partial charge in [0.15, 0.2) is 0 Å². The standard InChI is InChI=1S/C19H31N3O/c1-5-23-19-12-17-13-21(4)15(2)10-16(17)11-18(19)14-22-8-6-20(3)7-9-22/h11-12,15H,5-10,13-14H2,1-4H3. The Labute approximate surface area is 141 Å². The average Bonchev–Trinajstić information content (AvgIpc) is 2.52. The molecule has 1 fully saturated rings. The summed E-state index contributed by atoms with van der Waals surface area (Å²) in [5.74, 6) is 1.09. The molecule has 4 nitrogen and oxygen atoms in total. The Bertz CT molecular complexity index is 538. The van der Waals surface area contributed by atoms with Gasteiger partial charge in [-0.1, -0.05) is 6.07 Å². The van der Waals surface area contributed by atoms with Crippen molar-refractivity contribution in [3.63, 3.8) is 0 Å². The summed E-state index contributed by atoms with van der Waals surface area (Å²) in [6.07, 6.45) is 1.15. The Hall–Kier alpha value is -1.10. The maximum Gasteiger partial charge on any atom is 0.124 e. The van der Waals surface area contributed by atoms with Crippen LogP contribution in [0, 0.1) is 0 Å². The van der Waals surface area contributed by atoms with E-state index in [1.54, 1.807) is 0 Å². The molecule has 1 unspecified atom stereocenters. The van der Waals surface area contributed by atoms with E-state index >= 15 is 0 Å². The summed E-state index contributed by atoms with van der Waals surface area (Å²) in [6.45, 7) is 11.8. The molecular weight excluding hydrogens is 286 g/mol. The molecule has 0 bridgehead atoms. The van der Waals surface area contributed by atoms with Crippen LogP contribution in [0.15, 0.2) is 12.1 Å². The van der Waals surface area contributed by atoms with E-state index in [0.717, 1.165) is 58.0 Å². The Morgan fingerprint density at radius 3 is 2.52 bits per heavy atom. The van der Waals surface area contributed by atoms with Gasteiger partial charge in [0.2, 0.25) is 0 Å². The van der Waals surface area contributed by atoms with E-state index in [0.29, 0.717) is 6.04 Å². The highest BCUT2D eigenvalue weighted by Crippen LogP contribution is 2.30. The van der Waals surface area contributed by atoms with Gasteiger partial charge in [-0.3, -0.25) is 9.80 Å². The van der Waals surface area contributed by atoms with Gasteiger partial charge >= 0.3 is 0 Å². The first-order valence-corrected chi connectivity index (χ1v) is 8.95. The minimum absolute atomic E-state index is 0.622. The molecule has 2 aliphatic heterocycles. The molecule has 2 heterocycles. The van der Waals surface area contributed by atoms with Gasteiger partial charge < -0.3 is 9.64 Å². The Balaban J connectivity index is 1.81. The second-order valence-corrected chi connectivity index (χ2v) is 7.21. The van der Waals surface area contributed by atoms with E-state index in [9.17, 15) is 0 Å². The molecule has 0 aliphatic carbocycles. The number of ether oxygens (including phenoxy) is 1. The summed E-state index contributed by atoms with van der Waals surface area (Å²) >= 11 is 0. The van der Waals surface area contributed by atoms with E-state index in [1.807, 2.05) is 0 Å². The molecule has 0 spiro atoms. The third-order valence-electron chi connectivity index (χ3n) is 5.36. The zero-order chi connectivity index (χ0) is 16.4. The van der Waals surface area contributed by atoms with Gasteiger partial charge in [-0.15, -0.1) is 0 Å². The molecule has 4 heteroatoms. The van der Waals surface area contributed by atoms with Gasteiger partial charge in [-0.25, -0.2) is 0 Å². The molecule has 1 aromatic rings. The second kappa shape index (κ2) is 7.20. The third-order valence-corrected chi connectivity index (χ3v) is 5.36. The van der Waals surface area contributed by atoms with Crippen molar-refractivity contribution in [3.05, 3.63) is 28.8 Å². The van der Waals surface area contributed by atoms with Crippen LogP contribution in [0.1, 0.15) is 30.5 Å². The lowest BCUT2D eigenvalue weighted by molar-refractivity contribution is 0.146. The fraction of sp³-hybridized carbons (Fsp3) is 0.684. The summed E-state index contributed by atoms with van der Waals surface area (Å²) < 4.78 is 5.97. The van der Waals surface area contributed by atoms with E-state index in [-0.39, 0.29) is 0 Å². The summed E-state index contributed by atoms with van der Waals surface area (Å²) in [7, 11) is 4.42. The van der Waals surface area contributed by atoms with Crippen molar-refractivity contribution in [3.8, 4) is 5.75 Å². The number of hydrogen-bond donors (Lipinski definition) is 0. The van der Waals surface area contributed by atoms with Crippen molar-refractivity contribution in [1.29, 1.82) is 0 Å². The van der Waals surface area contributed by atoms with Crippen molar-refractivity contribution in [2.75, 3.05) is 46.9 Å². The van der Waals surface area contributed by atoms with Crippen LogP contribution in [0.4, 0.5) is 0 Å². The molecule has 1 atom stereocenters. The van der Waals surface area contributed by atoms with Gasteiger partial charge in [0, 0.05) is 50.9 Å². The molecule has 0 saturated carbocycles. The average molecular weight is 317 g/mol. The first kappa shape index (κ1) is 16.7. The van der Waals surface area contributed by atoms with Crippen LogP contribution in [-0.2, 0) is 19.5 Å². The first-order chi connectivity index (χ1) is 11.1. The topological polar surface area (TPSA) is 19.0 Å². The molecule has 3 rings (SSSR count). The fourth-order valence-electron chi connectivity index (χ4n) is 3.61. The van der Waals surface area contributed by atoms with Crippen molar-refractivity contribution >= 4 is 0 Å². The zero-order valence-corrected chi connectivity index (χ0v) is 15.1. The zero-order valence-electron chi connectivity index (χ0n) is 15.1. The monoisotopic (exact) mass is 317 g/mol. The summed E-state index contributed by atoms with van der Waals surface area (Å²) in [6, 6.07) is 5.34. The fourth-order valence-corrected chi connectivity index (χ4v) is 3.61. The van der Waals surface area contributed by atoms with Crippen LogP contribution in [0.3, 0.4) is 0 Å². The van der Waals surface area contributed by atoms with Crippen molar-refractivity contribution < 1.29 is 4.74 Å². The highest BCUT2D eigenvalue weighted by molar-refractivity contribution is 5.44. The SMILES string of the molecule is CCOc1cc2c(cc1CN1CCN(C)CC1)CC(C)N(C)C2. The Morgan fingerprint density at radius 1 is 1.09 bits per heavy atom. The minimum atomic E-state index is 0.622. The Morgan fingerprint density at radius 2 is 1.83 bits per heavy atom. The summed E-state index contributed by atoms with van der Waals surface area (Å²) in [5, 5.41) is 0. The predicted molar refractivity (Wildman–Crippen MR) is 95.0 cm³/mol. The van der Waals surface area contributed by atoms with E-state index < -0.39 is 0 Å². The number of fused-ring (bicyclic) bond motifs is 1. The molecule has 1 aromatic carbocycles. The van der Waals surface area contributed by atoms with Crippen LogP contribution in [0.25, 0.3) is 0 Å². The van der Waals surface area contributed by atoms with Gasteiger partial charge in [0.1, 0.15) is 5.75 Å². The molecule has 0 radical (unpaired) electrons. The molecule has 23 heavy (non-hydrogen) atoms. The lowest BCUT2D eigenvalue weighted by Gasteiger charge is -2.34. The second-order valence-electron chi connectivity index (χ2n) is 7.21. The van der Waals surface area contributed by atoms with Crippen LogP contribution >= 0.6 is 0 Å². The highest BCUT2D eigenvalue weighted by Gasteiger charge is 2.23. The summed E-state index contributed by atoms with van der Waals surface area (Å²) in [5.41, 5.74) is 4.33. The number of likely N-dealkylation sites (N-methyl/N-ethyl adjacent to an activating group) is 2. The van der Waals surface area contributed by atoms with E-state index in [1.165, 1.54) is 16.7 Å². The van der Waals surface area contributed by atoms with Crippen molar-refractivity contribution in [1.82, 2.24) is 14.7 Å². The van der Waals surface area contributed by atoms with Gasteiger partial charge in [-0.05, 0) is 51.6 Å². The van der Waals surface area contributed by atoms with Gasteiger partial charge in [-0.2, -0.15) is 0 Å². The van der Waals surface area contributed by atoms with E-state index in [4.69, 9.17) is 4.74 Å². The lowest BCUT2D eigenvalue weighted by atomic mass is 9.92. The highest BCUT2D eigenvalue weighted by atomic mass is 16.5. The number of hydrogen-bond acceptors (Lipinski definition) is 4. The first-order valence-electron chi connectivity index (χ1n) is 8.95. The normalized spacial score (nSPS) is 23.7.